The average Bonchev–Trinajstić information content (AvgIpc) is 2.90. The van der Waals surface area contributed by atoms with E-state index in [1.165, 1.54) is 36.4 Å². The Morgan fingerprint density at radius 2 is 0.784 bits per heavy atom. The van der Waals surface area contributed by atoms with Gasteiger partial charge >= 0.3 is 22.4 Å². The minimum Gasteiger partial charge on any atom is -0.309 e. The van der Waals surface area contributed by atoms with E-state index in [2.05, 4.69) is 20.0 Å². The van der Waals surface area contributed by atoms with Crippen LogP contribution in [0.25, 0.3) is 0 Å². The predicted octanol–water partition coefficient (Wildman–Crippen LogP) is 2.94. The average molecular weight is 905 g/mol. The SMILES string of the molecule is C[C@@H]1CN(Cc2cc(F)cc(F)c2)CCN(Cc2cc(F)cc(F)c2)CCN(Cc2cc(F)cc(F)c2)C[C@H](C)N1.ClC(Cl)Cl.[Ag+].[O-][Cl+3]([O-])([O-])[O-]. The fourth-order valence-electron chi connectivity index (χ4n) is 5.55. The largest absolute Gasteiger partial charge is 1.00 e. The molecule has 1 fully saturated rings. The van der Waals surface area contributed by atoms with Crippen molar-refractivity contribution in [3.63, 3.8) is 0 Å². The molecule has 1 N–H and O–H groups in total. The van der Waals surface area contributed by atoms with Gasteiger partial charge in [0.15, 0.2) is 4.30 Å². The van der Waals surface area contributed by atoms with Crippen molar-refractivity contribution in [2.75, 3.05) is 39.3 Å². The van der Waals surface area contributed by atoms with Crippen molar-refractivity contribution in [1.29, 1.82) is 0 Å². The van der Waals surface area contributed by atoms with Crippen molar-refractivity contribution in [3.8, 4) is 0 Å². The summed E-state index contributed by atoms with van der Waals surface area (Å²) in [6, 6.07) is 10.4. The Morgan fingerprint density at radius 3 is 1.04 bits per heavy atom. The van der Waals surface area contributed by atoms with Crippen LogP contribution in [0.3, 0.4) is 0 Å². The molecule has 3 aromatic carbocycles. The summed E-state index contributed by atoms with van der Waals surface area (Å²) in [5.74, 6) is -3.87. The van der Waals surface area contributed by atoms with Crippen LogP contribution in [0.15, 0.2) is 54.6 Å². The predicted molar refractivity (Wildman–Crippen MR) is 168 cm³/mol. The quantitative estimate of drug-likeness (QED) is 0.229. The topological polar surface area (TPSA) is 114 Å². The van der Waals surface area contributed by atoms with Crippen LogP contribution >= 0.6 is 34.8 Å². The van der Waals surface area contributed by atoms with Crippen molar-refractivity contribution in [1.82, 2.24) is 20.0 Å². The summed E-state index contributed by atoms with van der Waals surface area (Å²) in [4.78, 5) is 6.27. The molecule has 1 aliphatic rings. The fourth-order valence-corrected chi connectivity index (χ4v) is 5.55. The first-order valence-corrected chi connectivity index (χ1v) is 17.6. The molecule has 8 nitrogen and oxygen atoms in total. The van der Waals surface area contributed by atoms with Gasteiger partial charge in [-0.05, 0) is 66.9 Å². The van der Waals surface area contributed by atoms with Gasteiger partial charge in [0, 0.05) is 89.2 Å². The second kappa shape index (κ2) is 23.6. The second-order valence-corrected chi connectivity index (χ2v) is 14.4. The van der Waals surface area contributed by atoms with Crippen molar-refractivity contribution < 1.29 is 77.6 Å². The Morgan fingerprint density at radius 1 is 0.569 bits per heavy atom. The molecule has 0 bridgehead atoms. The van der Waals surface area contributed by atoms with Crippen LogP contribution in [-0.4, -0.2) is 70.3 Å². The number of nitrogens with zero attached hydrogens (tertiary/aromatic N) is 3. The van der Waals surface area contributed by atoms with Gasteiger partial charge in [-0.15, -0.1) is 10.2 Å². The maximum Gasteiger partial charge on any atom is 1.00 e. The standard InChI is InChI=1S/C31H36F6N4.CHCl3.Ag.ClHO4/c1-21-16-40(19-24-9-28(34)14-29(35)10-24)5-3-39(18-23-7-26(32)13-27(33)8-23)4-6-41(17-22(2)38-21)20-25-11-30(36)15-31(37)12-25;2-1(3)4;;2-1(3,4)5/h7-15,21-22,38H,3-6,16-20H2,1-2H3;1H;;(H,2,3,4,5)/q;;+1;/p-1/t21-,22+;;;. The maximum absolute atomic E-state index is 14.0. The summed E-state index contributed by atoms with van der Waals surface area (Å²) in [5, 5.41) is 3.56. The van der Waals surface area contributed by atoms with Crippen LogP contribution in [0.5, 0.6) is 0 Å². The van der Waals surface area contributed by atoms with Crippen LogP contribution < -0.4 is 24.0 Å². The Labute approximate surface area is 326 Å². The maximum atomic E-state index is 14.0. The molecule has 0 aromatic heterocycles. The van der Waals surface area contributed by atoms with Gasteiger partial charge in [0.1, 0.15) is 34.9 Å². The monoisotopic (exact) mass is 902 g/mol. The van der Waals surface area contributed by atoms with E-state index in [4.69, 9.17) is 53.4 Å². The number of alkyl halides is 3. The van der Waals surface area contributed by atoms with Gasteiger partial charge in [-0.2, -0.15) is 0 Å². The van der Waals surface area contributed by atoms with Gasteiger partial charge in [-0.1, -0.05) is 34.8 Å². The van der Waals surface area contributed by atoms with Crippen molar-refractivity contribution in [2.45, 2.75) is 49.9 Å². The van der Waals surface area contributed by atoms with E-state index in [1.54, 1.807) is 0 Å². The molecule has 19 heteroatoms. The molecule has 0 amide bonds. The Bertz CT molecular complexity index is 1350. The third kappa shape index (κ3) is 22.6. The van der Waals surface area contributed by atoms with E-state index in [1.807, 2.05) is 13.8 Å². The molecule has 1 aliphatic heterocycles. The summed E-state index contributed by atoms with van der Waals surface area (Å²) >= 11 is 14.4. The zero-order valence-corrected chi connectivity index (χ0v) is 31.9. The van der Waals surface area contributed by atoms with Crippen molar-refractivity contribution in [2.24, 2.45) is 0 Å². The summed E-state index contributed by atoms with van der Waals surface area (Å²) in [5.41, 5.74) is 1.51. The number of benzene rings is 3. The summed E-state index contributed by atoms with van der Waals surface area (Å²) in [7, 11) is -4.94. The van der Waals surface area contributed by atoms with Crippen LogP contribution in [0.4, 0.5) is 26.3 Å². The first kappa shape index (κ1) is 47.8. The Hall–Kier alpha value is -1.18. The van der Waals surface area contributed by atoms with E-state index in [0.29, 0.717) is 69.0 Å². The van der Waals surface area contributed by atoms with Crippen molar-refractivity contribution >= 4 is 34.8 Å². The molecule has 51 heavy (non-hydrogen) atoms. The van der Waals surface area contributed by atoms with E-state index in [-0.39, 0.29) is 41.0 Å². The molecule has 0 radical (unpaired) electrons. The Balaban J connectivity index is 0.00000116. The fraction of sp³-hybridized carbons (Fsp3) is 0.438. The van der Waals surface area contributed by atoms with E-state index < -0.39 is 49.4 Å². The van der Waals surface area contributed by atoms with Crippen LogP contribution in [0.1, 0.15) is 30.5 Å². The molecule has 3 aromatic rings. The number of hydrogen-bond donors (Lipinski definition) is 1. The summed E-state index contributed by atoms with van der Waals surface area (Å²) in [6.07, 6.45) is 0. The molecule has 0 aliphatic carbocycles. The summed E-state index contributed by atoms with van der Waals surface area (Å²) < 4.78 is 117. The molecule has 0 saturated carbocycles. The number of nitrogens with one attached hydrogen (secondary N) is 1. The molecule has 2 atom stereocenters. The number of rotatable bonds is 6. The van der Waals surface area contributed by atoms with Crippen LogP contribution in [0, 0.1) is 45.1 Å². The molecular formula is C32H37AgCl4F6N4O4. The Kier molecular flexibility index (Phi) is 22.1. The van der Waals surface area contributed by atoms with Crippen LogP contribution in [0.2, 0.25) is 0 Å². The zero-order chi connectivity index (χ0) is 37.6. The minimum atomic E-state index is -4.94. The molecular weight excluding hydrogens is 868 g/mol. The second-order valence-electron chi connectivity index (χ2n) is 11.7. The zero-order valence-electron chi connectivity index (χ0n) is 27.3. The van der Waals surface area contributed by atoms with Gasteiger partial charge in [-0.3, -0.25) is 14.7 Å². The first-order valence-electron chi connectivity index (χ1n) is 15.1. The smallest absolute Gasteiger partial charge is 0.309 e. The van der Waals surface area contributed by atoms with Gasteiger partial charge in [0.25, 0.3) is 0 Å². The van der Waals surface area contributed by atoms with Gasteiger partial charge in [0.05, 0.1) is 0 Å². The van der Waals surface area contributed by atoms with Gasteiger partial charge < -0.3 is 5.32 Å². The third-order valence-electron chi connectivity index (χ3n) is 7.08. The summed E-state index contributed by atoms with van der Waals surface area (Å²) in [6.45, 7) is 8.26. The van der Waals surface area contributed by atoms with E-state index in [0.717, 1.165) is 18.2 Å². The minimum absolute atomic E-state index is 0. The van der Waals surface area contributed by atoms with Gasteiger partial charge in [-0.25, -0.2) is 45.0 Å². The van der Waals surface area contributed by atoms with E-state index in [9.17, 15) is 26.3 Å². The van der Waals surface area contributed by atoms with Crippen LogP contribution in [-0.2, 0) is 42.0 Å². The number of halogens is 10. The van der Waals surface area contributed by atoms with Gasteiger partial charge in [0.2, 0.25) is 0 Å². The van der Waals surface area contributed by atoms with E-state index >= 15 is 0 Å². The van der Waals surface area contributed by atoms with Crippen molar-refractivity contribution in [3.05, 3.63) is 106 Å². The molecule has 4 rings (SSSR count). The molecule has 0 unspecified atom stereocenters. The normalized spacial score (nSPS) is 18.4. The third-order valence-corrected chi connectivity index (χ3v) is 7.08. The molecule has 1 saturated heterocycles. The molecule has 1 heterocycles. The molecule has 0 spiro atoms. The molecule has 290 valence electrons. The number of hydrogen-bond acceptors (Lipinski definition) is 8. The first-order chi connectivity index (χ1) is 23.2.